The SMILES string of the molecule is O=C(O)C(F)(F)Cc1c2ccccc2c(=O)n2c1sc1ccc3ccccc3c12. The molecule has 5 aromatic rings. The van der Waals surface area contributed by atoms with Gasteiger partial charge in [-0.2, -0.15) is 8.78 Å². The number of aromatic nitrogens is 1. The number of nitrogens with zero attached hydrogens (tertiary/aromatic N) is 1. The first-order valence-electron chi connectivity index (χ1n) is 8.86. The maximum absolute atomic E-state index is 14.2. The Morgan fingerprint density at radius 1 is 0.966 bits per heavy atom. The van der Waals surface area contributed by atoms with Gasteiger partial charge in [-0.05, 0) is 22.9 Å². The maximum Gasteiger partial charge on any atom is 0.374 e. The fraction of sp³-hybridized carbons (Fsp3) is 0.0909. The van der Waals surface area contributed by atoms with Gasteiger partial charge in [-0.3, -0.25) is 9.20 Å². The highest BCUT2D eigenvalue weighted by molar-refractivity contribution is 7.24. The second kappa shape index (κ2) is 6.09. The van der Waals surface area contributed by atoms with Gasteiger partial charge in [0.2, 0.25) is 0 Å². The summed E-state index contributed by atoms with van der Waals surface area (Å²) >= 11 is 1.22. The van der Waals surface area contributed by atoms with Crippen LogP contribution in [0.15, 0.2) is 65.5 Å². The largest absolute Gasteiger partial charge is 0.477 e. The monoisotopic (exact) mass is 409 g/mol. The van der Waals surface area contributed by atoms with E-state index in [-0.39, 0.29) is 16.5 Å². The number of halogens is 2. The van der Waals surface area contributed by atoms with E-state index in [1.165, 1.54) is 15.7 Å². The molecule has 0 atom stereocenters. The molecule has 4 nitrogen and oxygen atoms in total. The summed E-state index contributed by atoms with van der Waals surface area (Å²) in [5.74, 6) is -6.13. The maximum atomic E-state index is 14.2. The standard InChI is InChI=1S/C22H13F2NO3S/c23-22(24,21(27)28)11-16-14-7-3-4-8-15(14)19(26)25-18-13-6-2-1-5-12(13)9-10-17(18)29-20(16)25/h1-10H,11H2,(H,27,28). The average Bonchev–Trinajstić information content (AvgIpc) is 3.11. The Bertz CT molecular complexity index is 1520. The first-order chi connectivity index (χ1) is 13.9. The Kier molecular flexibility index (Phi) is 3.73. The number of pyridine rings is 1. The smallest absolute Gasteiger partial charge is 0.374 e. The van der Waals surface area contributed by atoms with Crippen LogP contribution in [0.5, 0.6) is 0 Å². The van der Waals surface area contributed by atoms with Crippen LogP contribution in [0.1, 0.15) is 5.56 Å². The number of benzene rings is 3. The molecule has 0 radical (unpaired) electrons. The van der Waals surface area contributed by atoms with Crippen LogP contribution < -0.4 is 5.56 Å². The fourth-order valence-corrected chi connectivity index (χ4v) is 5.04. The minimum atomic E-state index is -3.95. The zero-order valence-corrected chi connectivity index (χ0v) is 15.7. The van der Waals surface area contributed by atoms with Crippen LogP contribution in [0.25, 0.3) is 36.6 Å². The minimum Gasteiger partial charge on any atom is -0.477 e. The van der Waals surface area contributed by atoms with Crippen molar-refractivity contribution in [2.45, 2.75) is 12.3 Å². The van der Waals surface area contributed by atoms with E-state index < -0.39 is 18.3 Å². The van der Waals surface area contributed by atoms with Crippen molar-refractivity contribution in [2.75, 3.05) is 0 Å². The van der Waals surface area contributed by atoms with E-state index in [1.807, 2.05) is 36.4 Å². The molecule has 0 saturated carbocycles. The lowest BCUT2D eigenvalue weighted by Crippen LogP contribution is -2.31. The van der Waals surface area contributed by atoms with E-state index in [9.17, 15) is 18.4 Å². The molecular weight excluding hydrogens is 396 g/mol. The summed E-state index contributed by atoms with van der Waals surface area (Å²) in [6, 6.07) is 17.8. The lowest BCUT2D eigenvalue weighted by atomic mass is 10.0. The third-order valence-electron chi connectivity index (χ3n) is 5.15. The molecule has 5 rings (SSSR count). The molecule has 29 heavy (non-hydrogen) atoms. The first kappa shape index (κ1) is 17.8. The molecule has 1 N–H and O–H groups in total. The molecule has 0 aliphatic heterocycles. The molecule has 3 aromatic carbocycles. The van der Waals surface area contributed by atoms with Crippen molar-refractivity contribution in [3.63, 3.8) is 0 Å². The van der Waals surface area contributed by atoms with Gasteiger partial charge in [0.25, 0.3) is 5.56 Å². The highest BCUT2D eigenvalue weighted by atomic mass is 32.1. The average molecular weight is 409 g/mol. The van der Waals surface area contributed by atoms with Crippen LogP contribution in [0.3, 0.4) is 0 Å². The second-order valence-electron chi connectivity index (χ2n) is 6.89. The van der Waals surface area contributed by atoms with Crippen molar-refractivity contribution >= 4 is 53.9 Å². The van der Waals surface area contributed by atoms with Crippen LogP contribution in [0.2, 0.25) is 0 Å². The van der Waals surface area contributed by atoms with Gasteiger partial charge in [-0.15, -0.1) is 11.3 Å². The Balaban J connectivity index is 2.02. The Morgan fingerprint density at radius 3 is 2.34 bits per heavy atom. The van der Waals surface area contributed by atoms with Gasteiger partial charge < -0.3 is 5.11 Å². The number of rotatable bonds is 3. The molecule has 2 heterocycles. The first-order valence-corrected chi connectivity index (χ1v) is 9.68. The van der Waals surface area contributed by atoms with Crippen LogP contribution in [-0.4, -0.2) is 21.4 Å². The van der Waals surface area contributed by atoms with Crippen molar-refractivity contribution in [2.24, 2.45) is 0 Å². The van der Waals surface area contributed by atoms with E-state index in [2.05, 4.69) is 0 Å². The Hall–Kier alpha value is -3.32. The molecule has 0 spiro atoms. The van der Waals surface area contributed by atoms with Crippen LogP contribution in [0.4, 0.5) is 8.78 Å². The van der Waals surface area contributed by atoms with Gasteiger partial charge in [0.1, 0.15) is 4.83 Å². The molecule has 144 valence electrons. The van der Waals surface area contributed by atoms with Crippen LogP contribution >= 0.6 is 11.3 Å². The molecule has 0 bridgehead atoms. The molecule has 0 fully saturated rings. The third kappa shape index (κ3) is 2.54. The summed E-state index contributed by atoms with van der Waals surface area (Å²) in [5.41, 5.74) is 0.511. The molecule has 0 aliphatic rings. The van der Waals surface area contributed by atoms with Gasteiger partial charge in [0.05, 0.1) is 16.6 Å². The van der Waals surface area contributed by atoms with E-state index in [0.29, 0.717) is 15.7 Å². The normalized spacial score (nSPS) is 12.3. The number of carboxylic acid groups (broad SMARTS) is 1. The molecule has 0 aliphatic carbocycles. The lowest BCUT2D eigenvalue weighted by molar-refractivity contribution is -0.164. The summed E-state index contributed by atoms with van der Waals surface area (Å²) in [5, 5.41) is 11.4. The second-order valence-corrected chi connectivity index (χ2v) is 7.92. The van der Waals surface area contributed by atoms with Gasteiger partial charge in [-0.1, -0.05) is 48.5 Å². The van der Waals surface area contributed by atoms with Gasteiger partial charge in [0, 0.05) is 16.3 Å². The molecule has 7 heteroatoms. The van der Waals surface area contributed by atoms with E-state index in [4.69, 9.17) is 5.11 Å². The van der Waals surface area contributed by atoms with Crippen molar-refractivity contribution in [3.05, 3.63) is 76.6 Å². The Morgan fingerprint density at radius 2 is 1.62 bits per heavy atom. The summed E-state index contributed by atoms with van der Waals surface area (Å²) in [4.78, 5) is 24.8. The number of carboxylic acids is 1. The van der Waals surface area contributed by atoms with Crippen molar-refractivity contribution < 1.29 is 18.7 Å². The number of alkyl halides is 2. The predicted molar refractivity (Wildman–Crippen MR) is 110 cm³/mol. The third-order valence-corrected chi connectivity index (χ3v) is 6.32. The quantitative estimate of drug-likeness (QED) is 0.452. The van der Waals surface area contributed by atoms with E-state index in [0.717, 1.165) is 15.5 Å². The van der Waals surface area contributed by atoms with Crippen molar-refractivity contribution in [1.82, 2.24) is 4.40 Å². The predicted octanol–water partition coefficient (Wildman–Crippen LogP) is 5.08. The zero-order valence-electron chi connectivity index (χ0n) is 14.9. The van der Waals surface area contributed by atoms with E-state index in [1.54, 1.807) is 24.3 Å². The molecule has 0 amide bonds. The van der Waals surface area contributed by atoms with Gasteiger partial charge >= 0.3 is 11.9 Å². The highest BCUT2D eigenvalue weighted by Crippen LogP contribution is 2.37. The lowest BCUT2D eigenvalue weighted by Gasteiger charge is -2.14. The topological polar surface area (TPSA) is 58.8 Å². The van der Waals surface area contributed by atoms with E-state index >= 15 is 0 Å². The van der Waals surface area contributed by atoms with Crippen molar-refractivity contribution in [3.8, 4) is 0 Å². The number of thiazole rings is 1. The summed E-state index contributed by atoms with van der Waals surface area (Å²) in [6.45, 7) is 0. The molecular formula is C22H13F2NO3S. The summed E-state index contributed by atoms with van der Waals surface area (Å²) in [7, 11) is 0. The summed E-state index contributed by atoms with van der Waals surface area (Å²) < 4.78 is 30.7. The summed E-state index contributed by atoms with van der Waals surface area (Å²) in [6.07, 6.45) is -0.989. The Labute approximate surface area is 166 Å². The molecule has 0 saturated heterocycles. The number of hydrogen-bond donors (Lipinski definition) is 1. The molecule has 0 unspecified atom stereocenters. The number of hydrogen-bond acceptors (Lipinski definition) is 3. The highest BCUT2D eigenvalue weighted by Gasteiger charge is 2.40. The zero-order chi connectivity index (χ0) is 20.3. The van der Waals surface area contributed by atoms with Gasteiger partial charge in [-0.25, -0.2) is 4.79 Å². The minimum absolute atomic E-state index is 0.165. The van der Waals surface area contributed by atoms with Crippen LogP contribution in [-0.2, 0) is 11.2 Å². The fourth-order valence-electron chi connectivity index (χ4n) is 3.83. The van der Waals surface area contributed by atoms with Crippen LogP contribution in [0, 0.1) is 0 Å². The number of aliphatic carboxylic acids is 1. The van der Waals surface area contributed by atoms with Gasteiger partial charge in [0.15, 0.2) is 0 Å². The number of fused-ring (bicyclic) bond motifs is 6. The van der Waals surface area contributed by atoms with Crippen molar-refractivity contribution in [1.29, 1.82) is 0 Å². The molecule has 2 aromatic heterocycles. The number of carbonyl (C=O) groups is 1.